The number of aromatic nitrogens is 5. The Morgan fingerprint density at radius 3 is 1.68 bits per heavy atom. The fraction of sp³-hybridized carbons (Fsp3) is 0.0192. The van der Waals surface area contributed by atoms with Crippen molar-refractivity contribution in [2.24, 2.45) is 0 Å². The van der Waals surface area contributed by atoms with Gasteiger partial charge in [-0.3, -0.25) is 15.0 Å². The van der Waals surface area contributed by atoms with E-state index in [1.807, 2.05) is 31.0 Å². The van der Waals surface area contributed by atoms with Gasteiger partial charge in [0.1, 0.15) is 0 Å². The fourth-order valence-corrected chi connectivity index (χ4v) is 10.4. The van der Waals surface area contributed by atoms with E-state index in [1.54, 1.807) is 0 Å². The summed E-state index contributed by atoms with van der Waals surface area (Å²) in [5.41, 5.74) is 20.1. The van der Waals surface area contributed by atoms with Crippen molar-refractivity contribution in [1.82, 2.24) is 24.1 Å². The van der Waals surface area contributed by atoms with Gasteiger partial charge >= 0.3 is 0 Å². The molecule has 264 valence electrons. The molecule has 2 aliphatic rings. The van der Waals surface area contributed by atoms with Crippen LogP contribution in [0.3, 0.4) is 0 Å². The van der Waals surface area contributed by atoms with Crippen LogP contribution < -0.4 is 0 Å². The number of nitrogens with zero attached hydrogens (tertiary/aromatic N) is 5. The summed E-state index contributed by atoms with van der Waals surface area (Å²) in [5, 5.41) is 3.47. The van der Waals surface area contributed by atoms with Gasteiger partial charge in [0, 0.05) is 52.3 Å². The molecule has 5 nitrogen and oxygen atoms in total. The minimum atomic E-state index is -0.399. The van der Waals surface area contributed by atoms with E-state index in [0.29, 0.717) is 0 Å². The molecule has 5 heteroatoms. The molecular formula is C52H31N5. The Morgan fingerprint density at radius 2 is 0.982 bits per heavy atom. The topological polar surface area (TPSA) is 48.5 Å². The summed E-state index contributed by atoms with van der Waals surface area (Å²) in [6.07, 6.45) is 9.50. The van der Waals surface area contributed by atoms with Crippen molar-refractivity contribution in [3.8, 4) is 44.8 Å². The summed E-state index contributed by atoms with van der Waals surface area (Å²) in [5.74, 6) is 0. The first-order chi connectivity index (χ1) is 28.3. The SMILES string of the molecule is c1ccc2c(c1)-c1ccccc1C21c2ccccc2-c2c1ccc1c2c2ncccc2n1-c1ccc(-c2ccc(-n3c4ccncc4c4ccncc43)cc2)cc1. The van der Waals surface area contributed by atoms with Gasteiger partial charge in [-0.15, -0.1) is 0 Å². The Bertz CT molecular complexity index is 3360. The number of hydrogen-bond donors (Lipinski definition) is 0. The molecule has 5 aromatic heterocycles. The van der Waals surface area contributed by atoms with Crippen molar-refractivity contribution >= 4 is 43.7 Å². The number of hydrogen-bond acceptors (Lipinski definition) is 3. The van der Waals surface area contributed by atoms with E-state index in [-0.39, 0.29) is 0 Å². The Labute approximate surface area is 327 Å². The van der Waals surface area contributed by atoms with Crippen LogP contribution in [0.15, 0.2) is 189 Å². The Kier molecular flexibility index (Phi) is 6.04. The molecule has 0 atom stereocenters. The molecule has 6 aromatic carbocycles. The monoisotopic (exact) mass is 725 g/mol. The van der Waals surface area contributed by atoms with Crippen molar-refractivity contribution in [1.29, 1.82) is 0 Å². The van der Waals surface area contributed by atoms with Crippen LogP contribution in [-0.4, -0.2) is 24.1 Å². The maximum atomic E-state index is 5.11. The zero-order valence-electron chi connectivity index (χ0n) is 30.6. The first kappa shape index (κ1) is 30.7. The van der Waals surface area contributed by atoms with Crippen LogP contribution in [-0.2, 0) is 5.41 Å². The molecule has 0 aliphatic heterocycles. The van der Waals surface area contributed by atoms with Gasteiger partial charge < -0.3 is 9.13 Å². The fourth-order valence-electron chi connectivity index (χ4n) is 10.4. The Morgan fingerprint density at radius 1 is 0.386 bits per heavy atom. The lowest BCUT2D eigenvalue weighted by molar-refractivity contribution is 0.794. The van der Waals surface area contributed by atoms with Crippen molar-refractivity contribution < 1.29 is 0 Å². The molecule has 2 aliphatic carbocycles. The lowest BCUT2D eigenvalue weighted by Crippen LogP contribution is -2.25. The average Bonchev–Trinajstić information content (AvgIpc) is 3.99. The van der Waals surface area contributed by atoms with Gasteiger partial charge in [0.2, 0.25) is 0 Å². The standard InChI is InChI=1S/C52H31N5/c1-4-11-41-36(8-1)37-9-2-5-12-42(37)52(41)43-13-6-3-10-39(43)49-44(52)23-24-46-50(49)51-47(14-7-27-55-51)57(46)35-21-17-33(18-22-35)32-15-19-34(20-16-32)56-45-26-29-53-30-40(45)38-25-28-54-31-48(38)56/h1-31H. The molecule has 5 heterocycles. The van der Waals surface area contributed by atoms with Crippen molar-refractivity contribution in [3.63, 3.8) is 0 Å². The minimum absolute atomic E-state index is 0.399. The molecular weight excluding hydrogens is 695 g/mol. The molecule has 1 spiro atoms. The zero-order valence-corrected chi connectivity index (χ0v) is 30.6. The highest BCUT2D eigenvalue weighted by Crippen LogP contribution is 2.64. The van der Waals surface area contributed by atoms with E-state index >= 15 is 0 Å². The largest absolute Gasteiger partial charge is 0.308 e. The van der Waals surface area contributed by atoms with Gasteiger partial charge in [-0.1, -0.05) is 103 Å². The van der Waals surface area contributed by atoms with E-state index < -0.39 is 5.41 Å². The maximum absolute atomic E-state index is 5.11. The second-order valence-corrected chi connectivity index (χ2v) is 15.2. The molecule has 0 amide bonds. The maximum Gasteiger partial charge on any atom is 0.0969 e. The summed E-state index contributed by atoms with van der Waals surface area (Å²) in [7, 11) is 0. The first-order valence-electron chi connectivity index (χ1n) is 19.4. The molecule has 13 rings (SSSR count). The highest BCUT2D eigenvalue weighted by atomic mass is 15.0. The van der Waals surface area contributed by atoms with Crippen molar-refractivity contribution in [2.45, 2.75) is 5.41 Å². The van der Waals surface area contributed by atoms with Gasteiger partial charge in [-0.2, -0.15) is 0 Å². The minimum Gasteiger partial charge on any atom is -0.308 e. The normalized spacial score (nSPS) is 13.4. The van der Waals surface area contributed by atoms with E-state index in [1.165, 1.54) is 49.9 Å². The van der Waals surface area contributed by atoms with Gasteiger partial charge in [0.25, 0.3) is 0 Å². The van der Waals surface area contributed by atoms with Crippen molar-refractivity contribution in [2.75, 3.05) is 0 Å². The van der Waals surface area contributed by atoms with Gasteiger partial charge in [0.15, 0.2) is 0 Å². The number of fused-ring (bicyclic) bond motifs is 17. The van der Waals surface area contributed by atoms with Crippen LogP contribution >= 0.6 is 0 Å². The molecule has 57 heavy (non-hydrogen) atoms. The van der Waals surface area contributed by atoms with Gasteiger partial charge in [-0.25, -0.2) is 0 Å². The highest BCUT2D eigenvalue weighted by Gasteiger charge is 2.52. The van der Waals surface area contributed by atoms with Crippen LogP contribution in [0, 0.1) is 0 Å². The third-order valence-corrected chi connectivity index (χ3v) is 12.6. The highest BCUT2D eigenvalue weighted by molar-refractivity contribution is 6.17. The average molecular weight is 726 g/mol. The number of pyridine rings is 3. The van der Waals surface area contributed by atoms with E-state index in [9.17, 15) is 0 Å². The Hall–Kier alpha value is -7.63. The third-order valence-electron chi connectivity index (χ3n) is 12.6. The molecule has 0 fully saturated rings. The molecule has 0 unspecified atom stereocenters. The van der Waals surface area contributed by atoms with E-state index in [4.69, 9.17) is 4.98 Å². The summed E-state index contributed by atoms with van der Waals surface area (Å²) >= 11 is 0. The summed E-state index contributed by atoms with van der Waals surface area (Å²) in [4.78, 5) is 13.9. The van der Waals surface area contributed by atoms with E-state index in [0.717, 1.165) is 60.9 Å². The van der Waals surface area contributed by atoms with Gasteiger partial charge in [-0.05, 0) is 110 Å². The number of rotatable bonds is 3. The summed E-state index contributed by atoms with van der Waals surface area (Å²) in [6.45, 7) is 0. The summed E-state index contributed by atoms with van der Waals surface area (Å²) in [6, 6.07) is 57.9. The molecule has 0 saturated heterocycles. The predicted molar refractivity (Wildman–Crippen MR) is 230 cm³/mol. The zero-order chi connectivity index (χ0) is 37.2. The van der Waals surface area contributed by atoms with Crippen LogP contribution in [0.1, 0.15) is 22.3 Å². The van der Waals surface area contributed by atoms with Crippen LogP contribution in [0.4, 0.5) is 0 Å². The first-order valence-corrected chi connectivity index (χ1v) is 19.4. The smallest absolute Gasteiger partial charge is 0.0969 e. The quantitative estimate of drug-likeness (QED) is 0.182. The van der Waals surface area contributed by atoms with Crippen LogP contribution in [0.2, 0.25) is 0 Å². The lowest BCUT2D eigenvalue weighted by Gasteiger charge is -2.30. The number of benzene rings is 6. The molecule has 0 radical (unpaired) electrons. The van der Waals surface area contributed by atoms with Crippen LogP contribution in [0.25, 0.3) is 88.5 Å². The molecule has 11 aromatic rings. The summed E-state index contributed by atoms with van der Waals surface area (Å²) < 4.78 is 4.66. The van der Waals surface area contributed by atoms with Crippen molar-refractivity contribution in [3.05, 3.63) is 211 Å². The molecule has 0 saturated carbocycles. The van der Waals surface area contributed by atoms with E-state index in [2.05, 4.69) is 177 Å². The van der Waals surface area contributed by atoms with Gasteiger partial charge in [0.05, 0.1) is 39.2 Å². The lowest BCUT2D eigenvalue weighted by atomic mass is 9.70. The second-order valence-electron chi connectivity index (χ2n) is 15.2. The Balaban J connectivity index is 0.962. The molecule has 0 bridgehead atoms. The second kappa shape index (κ2) is 11.2. The molecule has 0 N–H and O–H groups in total. The van der Waals surface area contributed by atoms with Crippen LogP contribution in [0.5, 0.6) is 0 Å². The third kappa shape index (κ3) is 3.90. The predicted octanol–water partition coefficient (Wildman–Crippen LogP) is 12.1.